The monoisotopic (exact) mass is 462 g/mol. The Morgan fingerprint density at radius 1 is 1.17 bits per heavy atom. The van der Waals surface area contributed by atoms with Crippen LogP contribution in [0.15, 0.2) is 36.4 Å². The van der Waals surface area contributed by atoms with Crippen LogP contribution in [0, 0.1) is 17.6 Å². The number of nitrogens with one attached hydrogen (secondary N) is 1. The molecule has 1 aliphatic heterocycles. The molecule has 1 N–H and O–H groups in total. The Labute approximate surface area is 177 Å². The van der Waals surface area contributed by atoms with Crippen molar-refractivity contribution >= 4 is 44.8 Å². The Kier molecular flexibility index (Phi) is 6.78. The van der Waals surface area contributed by atoms with Crippen LogP contribution in [-0.2, 0) is 20.6 Å². The van der Waals surface area contributed by atoms with Gasteiger partial charge in [0, 0.05) is 34.8 Å². The number of hydrogen-bond donors (Lipinski definition) is 1. The molecule has 2 aromatic carbocycles. The van der Waals surface area contributed by atoms with E-state index in [2.05, 4.69) is 5.32 Å². The number of halogens is 4. The highest BCUT2D eigenvalue weighted by atomic mass is 35.5. The van der Waals surface area contributed by atoms with Crippen LogP contribution in [0.5, 0.6) is 0 Å². The largest absolute Gasteiger partial charge is 0.323 e. The van der Waals surface area contributed by atoms with Gasteiger partial charge in [-0.1, -0.05) is 29.3 Å². The first-order valence-corrected chi connectivity index (χ1v) is 11.2. The molecule has 5 nitrogen and oxygen atoms in total. The molecule has 1 saturated heterocycles. The van der Waals surface area contributed by atoms with Crippen LogP contribution in [0.4, 0.5) is 14.5 Å². The molecule has 156 valence electrons. The Hall–Kier alpha value is -1.74. The summed E-state index contributed by atoms with van der Waals surface area (Å²) in [5, 5.41) is 2.90. The number of benzene rings is 2. The number of carbonyl (C=O) groups is 1. The zero-order valence-corrected chi connectivity index (χ0v) is 17.5. The molecular weight excluding hydrogens is 445 g/mol. The number of amides is 1. The van der Waals surface area contributed by atoms with Crippen molar-refractivity contribution < 1.29 is 22.0 Å². The maximum Gasteiger partial charge on any atom is 0.228 e. The summed E-state index contributed by atoms with van der Waals surface area (Å²) in [4.78, 5) is 12.5. The third-order valence-corrected chi connectivity index (χ3v) is 7.21. The smallest absolute Gasteiger partial charge is 0.228 e. The van der Waals surface area contributed by atoms with Gasteiger partial charge in [0.25, 0.3) is 0 Å². The van der Waals surface area contributed by atoms with Crippen LogP contribution in [0.2, 0.25) is 10.0 Å². The van der Waals surface area contributed by atoms with E-state index in [1.807, 2.05) is 0 Å². The topological polar surface area (TPSA) is 66.5 Å². The van der Waals surface area contributed by atoms with Crippen LogP contribution >= 0.6 is 23.2 Å². The lowest BCUT2D eigenvalue weighted by atomic mass is 9.98. The first-order valence-electron chi connectivity index (χ1n) is 8.84. The van der Waals surface area contributed by atoms with Gasteiger partial charge in [-0.25, -0.2) is 21.5 Å². The minimum atomic E-state index is -3.77. The summed E-state index contributed by atoms with van der Waals surface area (Å²) in [6, 6.07) is 7.56. The second kappa shape index (κ2) is 8.95. The number of nitrogens with zero attached hydrogens (tertiary/aromatic N) is 1. The Balaban J connectivity index is 1.71. The van der Waals surface area contributed by atoms with E-state index in [9.17, 15) is 22.0 Å². The first-order chi connectivity index (χ1) is 13.7. The van der Waals surface area contributed by atoms with E-state index in [4.69, 9.17) is 23.2 Å². The molecule has 2 aromatic rings. The van der Waals surface area contributed by atoms with E-state index >= 15 is 0 Å². The fraction of sp³-hybridized carbons (Fsp3) is 0.316. The molecule has 1 unspecified atom stereocenters. The van der Waals surface area contributed by atoms with Crippen molar-refractivity contribution in [1.82, 2.24) is 4.31 Å². The quantitative estimate of drug-likeness (QED) is 0.713. The van der Waals surface area contributed by atoms with Crippen LogP contribution in [0.1, 0.15) is 18.4 Å². The molecule has 0 aromatic heterocycles. The summed E-state index contributed by atoms with van der Waals surface area (Å²) in [6.45, 7) is 0.220. The van der Waals surface area contributed by atoms with Crippen molar-refractivity contribution in [2.45, 2.75) is 18.6 Å². The van der Waals surface area contributed by atoms with Crippen molar-refractivity contribution in [3.8, 4) is 0 Å². The van der Waals surface area contributed by atoms with Gasteiger partial charge in [0.1, 0.15) is 11.6 Å². The minimum absolute atomic E-state index is 0.0426. The van der Waals surface area contributed by atoms with Gasteiger partial charge in [-0.15, -0.1) is 0 Å². The summed E-state index contributed by atoms with van der Waals surface area (Å²) < 4.78 is 53.7. The molecule has 1 atom stereocenters. The van der Waals surface area contributed by atoms with Crippen LogP contribution in [0.3, 0.4) is 0 Å². The number of hydrogen-bond acceptors (Lipinski definition) is 3. The highest BCUT2D eigenvalue weighted by Crippen LogP contribution is 2.29. The number of carbonyl (C=O) groups excluding carboxylic acids is 1. The molecule has 1 heterocycles. The maximum absolute atomic E-state index is 13.8. The SMILES string of the molecule is O=C(Nc1ccc(F)cc1F)C1CCCN(S(=O)(=O)Cc2c(Cl)cccc2Cl)C1. The molecule has 0 bridgehead atoms. The molecule has 10 heteroatoms. The second-order valence-electron chi connectivity index (χ2n) is 6.77. The summed E-state index contributed by atoms with van der Waals surface area (Å²) >= 11 is 12.2. The molecule has 1 amide bonds. The van der Waals surface area contributed by atoms with Crippen LogP contribution in [-0.4, -0.2) is 31.7 Å². The molecule has 0 spiro atoms. The van der Waals surface area contributed by atoms with Gasteiger partial charge in [-0.3, -0.25) is 4.79 Å². The van der Waals surface area contributed by atoms with Crippen LogP contribution < -0.4 is 5.32 Å². The van der Waals surface area contributed by atoms with Gasteiger partial charge in [0.15, 0.2) is 0 Å². The number of sulfonamides is 1. The van der Waals surface area contributed by atoms with Crippen molar-refractivity contribution in [1.29, 1.82) is 0 Å². The molecular formula is C19H18Cl2F2N2O3S. The Morgan fingerprint density at radius 2 is 1.86 bits per heavy atom. The van der Waals surface area contributed by atoms with Gasteiger partial charge in [-0.05, 0) is 37.1 Å². The van der Waals surface area contributed by atoms with Gasteiger partial charge >= 0.3 is 0 Å². The zero-order chi connectivity index (χ0) is 21.2. The minimum Gasteiger partial charge on any atom is -0.323 e. The summed E-state index contributed by atoms with van der Waals surface area (Å²) in [6.07, 6.45) is 0.924. The number of rotatable bonds is 5. The van der Waals surface area contributed by atoms with Crippen molar-refractivity contribution in [3.63, 3.8) is 0 Å². The van der Waals surface area contributed by atoms with Gasteiger partial charge in [0.2, 0.25) is 15.9 Å². The van der Waals surface area contributed by atoms with E-state index in [0.29, 0.717) is 24.5 Å². The summed E-state index contributed by atoms with van der Waals surface area (Å²) in [5.41, 5.74) is 0.148. The van der Waals surface area contributed by atoms with Gasteiger partial charge in [-0.2, -0.15) is 0 Å². The van der Waals surface area contributed by atoms with Crippen LogP contribution in [0.25, 0.3) is 0 Å². The maximum atomic E-state index is 13.8. The van der Waals surface area contributed by atoms with Gasteiger partial charge in [0.05, 0.1) is 17.4 Å². The standard InChI is InChI=1S/C19H18Cl2F2N2O3S/c20-15-4-1-5-16(21)14(15)11-29(27,28)25-8-2-3-12(10-25)19(26)24-18-7-6-13(22)9-17(18)23/h1,4-7,9,12H,2-3,8,10-11H2,(H,24,26). The van der Waals surface area contributed by atoms with E-state index in [-0.39, 0.29) is 34.6 Å². The number of anilines is 1. The third-order valence-electron chi connectivity index (χ3n) is 4.73. The predicted molar refractivity (Wildman–Crippen MR) is 108 cm³/mol. The lowest BCUT2D eigenvalue weighted by Gasteiger charge is -2.31. The van der Waals surface area contributed by atoms with Crippen molar-refractivity contribution in [2.24, 2.45) is 5.92 Å². The molecule has 0 saturated carbocycles. The van der Waals surface area contributed by atoms with E-state index in [0.717, 1.165) is 12.1 Å². The first kappa shape index (κ1) is 22.0. The molecule has 3 rings (SSSR count). The highest BCUT2D eigenvalue weighted by molar-refractivity contribution is 7.88. The number of piperidine rings is 1. The normalized spacial score (nSPS) is 17.9. The Morgan fingerprint density at radius 3 is 2.52 bits per heavy atom. The van der Waals surface area contributed by atoms with E-state index in [1.165, 1.54) is 4.31 Å². The molecule has 0 radical (unpaired) electrons. The average molecular weight is 463 g/mol. The summed E-state index contributed by atoms with van der Waals surface area (Å²) in [7, 11) is -3.77. The molecule has 1 fully saturated rings. The zero-order valence-electron chi connectivity index (χ0n) is 15.2. The highest BCUT2D eigenvalue weighted by Gasteiger charge is 2.33. The summed E-state index contributed by atoms with van der Waals surface area (Å²) in [5.74, 6) is -3.22. The van der Waals surface area contributed by atoms with E-state index in [1.54, 1.807) is 18.2 Å². The molecule has 29 heavy (non-hydrogen) atoms. The van der Waals surface area contributed by atoms with E-state index < -0.39 is 33.5 Å². The fourth-order valence-corrected chi connectivity index (χ4v) is 5.54. The average Bonchev–Trinajstić information content (AvgIpc) is 2.67. The second-order valence-corrected chi connectivity index (χ2v) is 9.55. The third kappa shape index (κ3) is 5.25. The van der Waals surface area contributed by atoms with Gasteiger partial charge < -0.3 is 5.32 Å². The lowest BCUT2D eigenvalue weighted by Crippen LogP contribution is -2.44. The predicted octanol–water partition coefficient (Wildman–Crippen LogP) is 4.45. The molecule has 1 aliphatic rings. The van der Waals surface area contributed by atoms with Crippen molar-refractivity contribution in [2.75, 3.05) is 18.4 Å². The Bertz CT molecular complexity index is 1010. The van der Waals surface area contributed by atoms with Crippen molar-refractivity contribution in [3.05, 3.63) is 63.6 Å². The lowest BCUT2D eigenvalue weighted by molar-refractivity contribution is -0.120. The molecule has 0 aliphatic carbocycles. The fourth-order valence-electron chi connectivity index (χ4n) is 3.18.